The van der Waals surface area contributed by atoms with Crippen molar-refractivity contribution >= 4 is 18.5 Å². The maximum atomic E-state index is 10.6. The van der Waals surface area contributed by atoms with Gasteiger partial charge in [0.15, 0.2) is 0 Å². The van der Waals surface area contributed by atoms with Gasteiger partial charge in [-0.25, -0.2) is 0 Å². The summed E-state index contributed by atoms with van der Waals surface area (Å²) in [5.74, 6) is -0.0526. The molecular formula is C6H13NO3S. The third kappa shape index (κ3) is 6.15. The molecule has 66 valence electrons. The number of carbonyl (C=O) groups excluding carboxylic acids is 1. The minimum Gasteiger partial charge on any atom is -0.389 e. The number of hydrogen-bond donors (Lipinski definition) is 3. The van der Waals surface area contributed by atoms with E-state index in [0.717, 1.165) is 0 Å². The number of hydrogen-bond acceptors (Lipinski definition) is 4. The van der Waals surface area contributed by atoms with E-state index in [1.54, 1.807) is 0 Å². The van der Waals surface area contributed by atoms with Crippen LogP contribution in [0.2, 0.25) is 0 Å². The van der Waals surface area contributed by atoms with Gasteiger partial charge in [0.05, 0.1) is 18.5 Å². The number of aliphatic hydroxyl groups excluding tert-OH is 1. The Morgan fingerprint density at radius 1 is 1.82 bits per heavy atom. The standard InChI is InChI=1S/C6H13NO3S/c1-10-3-5(8)2-7-6(9)4-11/h5,8,11H,2-4H2,1H3,(H,7,9). The van der Waals surface area contributed by atoms with Gasteiger partial charge in [0.1, 0.15) is 0 Å². The highest BCUT2D eigenvalue weighted by atomic mass is 32.1. The SMILES string of the molecule is COCC(O)CNC(=O)CS. The molecule has 0 aliphatic carbocycles. The highest BCUT2D eigenvalue weighted by molar-refractivity contribution is 7.81. The highest BCUT2D eigenvalue weighted by Crippen LogP contribution is 1.81. The van der Waals surface area contributed by atoms with Crippen molar-refractivity contribution in [3.63, 3.8) is 0 Å². The molecule has 11 heavy (non-hydrogen) atoms. The van der Waals surface area contributed by atoms with Crippen LogP contribution in [0.3, 0.4) is 0 Å². The number of nitrogens with one attached hydrogen (secondary N) is 1. The van der Waals surface area contributed by atoms with Gasteiger partial charge < -0.3 is 15.2 Å². The molecule has 4 nitrogen and oxygen atoms in total. The molecule has 0 spiro atoms. The van der Waals surface area contributed by atoms with E-state index in [1.165, 1.54) is 7.11 Å². The van der Waals surface area contributed by atoms with Crippen LogP contribution in [0, 0.1) is 0 Å². The summed E-state index contributed by atoms with van der Waals surface area (Å²) in [6.07, 6.45) is -0.635. The van der Waals surface area contributed by atoms with E-state index in [1.807, 2.05) is 0 Å². The Morgan fingerprint density at radius 3 is 2.91 bits per heavy atom. The molecule has 1 amide bonds. The van der Waals surface area contributed by atoms with Crippen molar-refractivity contribution in [2.24, 2.45) is 0 Å². The Hall–Kier alpha value is -0.260. The molecule has 0 aromatic carbocycles. The average Bonchev–Trinajstić information content (AvgIpc) is 2.01. The predicted octanol–water partition coefficient (Wildman–Crippen LogP) is -0.960. The molecule has 0 rings (SSSR count). The van der Waals surface area contributed by atoms with Crippen molar-refractivity contribution in [1.29, 1.82) is 0 Å². The van der Waals surface area contributed by atoms with Gasteiger partial charge in [-0.15, -0.1) is 0 Å². The predicted molar refractivity (Wildman–Crippen MR) is 44.7 cm³/mol. The number of carbonyl (C=O) groups is 1. The van der Waals surface area contributed by atoms with E-state index in [0.29, 0.717) is 0 Å². The third-order valence-corrected chi connectivity index (χ3v) is 1.32. The fourth-order valence-corrected chi connectivity index (χ4v) is 0.651. The second-order valence-corrected chi connectivity index (χ2v) is 2.39. The molecular weight excluding hydrogens is 166 g/mol. The molecule has 0 heterocycles. The van der Waals surface area contributed by atoms with E-state index in [4.69, 9.17) is 5.11 Å². The highest BCUT2D eigenvalue weighted by Gasteiger charge is 2.04. The van der Waals surface area contributed by atoms with Crippen LogP contribution < -0.4 is 5.32 Å². The molecule has 0 saturated heterocycles. The topological polar surface area (TPSA) is 58.6 Å². The normalized spacial score (nSPS) is 12.6. The Balaban J connectivity index is 3.29. The minimum absolute atomic E-state index is 0.139. The van der Waals surface area contributed by atoms with Crippen molar-refractivity contribution in [3.8, 4) is 0 Å². The van der Waals surface area contributed by atoms with E-state index in [-0.39, 0.29) is 24.8 Å². The summed E-state index contributed by atoms with van der Waals surface area (Å²) in [5.41, 5.74) is 0. The summed E-state index contributed by atoms with van der Waals surface area (Å²) in [6, 6.07) is 0. The van der Waals surface area contributed by atoms with Gasteiger partial charge in [0, 0.05) is 13.7 Å². The maximum Gasteiger partial charge on any atom is 0.229 e. The Labute approximate surface area is 71.3 Å². The van der Waals surface area contributed by atoms with E-state index < -0.39 is 6.10 Å². The van der Waals surface area contributed by atoms with Crippen molar-refractivity contribution in [1.82, 2.24) is 5.32 Å². The molecule has 0 saturated carbocycles. The molecule has 1 atom stereocenters. The summed E-state index contributed by atoms with van der Waals surface area (Å²) in [6.45, 7) is 0.445. The van der Waals surface area contributed by atoms with Crippen molar-refractivity contribution in [3.05, 3.63) is 0 Å². The molecule has 2 N–H and O–H groups in total. The quantitative estimate of drug-likeness (QED) is 0.476. The number of amides is 1. The zero-order valence-corrected chi connectivity index (χ0v) is 7.30. The largest absolute Gasteiger partial charge is 0.389 e. The van der Waals surface area contributed by atoms with Crippen LogP contribution in [0.15, 0.2) is 0 Å². The zero-order valence-electron chi connectivity index (χ0n) is 6.41. The molecule has 0 aliphatic heterocycles. The Bertz CT molecular complexity index is 120. The molecule has 0 aromatic heterocycles. The van der Waals surface area contributed by atoms with Crippen LogP contribution in [0.1, 0.15) is 0 Å². The summed E-state index contributed by atoms with van der Waals surface area (Å²) in [4.78, 5) is 10.6. The molecule has 0 fully saturated rings. The fraction of sp³-hybridized carbons (Fsp3) is 0.833. The lowest BCUT2D eigenvalue weighted by Crippen LogP contribution is -2.34. The Morgan fingerprint density at radius 2 is 2.45 bits per heavy atom. The lowest BCUT2D eigenvalue weighted by molar-refractivity contribution is -0.119. The van der Waals surface area contributed by atoms with E-state index in [9.17, 15) is 4.79 Å². The summed E-state index contributed by atoms with van der Waals surface area (Å²) < 4.78 is 4.65. The number of ether oxygens (including phenoxy) is 1. The zero-order chi connectivity index (χ0) is 8.69. The molecule has 0 radical (unpaired) electrons. The van der Waals surface area contributed by atoms with Crippen molar-refractivity contribution < 1.29 is 14.6 Å². The lowest BCUT2D eigenvalue weighted by atomic mass is 10.4. The molecule has 5 heteroatoms. The summed E-state index contributed by atoms with van der Waals surface area (Å²) >= 11 is 3.75. The first kappa shape index (κ1) is 10.7. The molecule has 1 unspecified atom stereocenters. The first-order valence-electron chi connectivity index (χ1n) is 3.25. The van der Waals surface area contributed by atoms with Crippen LogP contribution in [0.4, 0.5) is 0 Å². The maximum absolute atomic E-state index is 10.6. The van der Waals surface area contributed by atoms with Gasteiger partial charge in [-0.05, 0) is 0 Å². The minimum atomic E-state index is -0.635. The van der Waals surface area contributed by atoms with Crippen LogP contribution in [-0.2, 0) is 9.53 Å². The monoisotopic (exact) mass is 179 g/mol. The molecule has 0 bridgehead atoms. The smallest absolute Gasteiger partial charge is 0.229 e. The van der Waals surface area contributed by atoms with E-state index >= 15 is 0 Å². The number of rotatable bonds is 5. The van der Waals surface area contributed by atoms with Gasteiger partial charge >= 0.3 is 0 Å². The fourth-order valence-electron chi connectivity index (χ4n) is 0.539. The number of aliphatic hydroxyl groups is 1. The number of methoxy groups -OCH3 is 1. The van der Waals surface area contributed by atoms with Crippen LogP contribution >= 0.6 is 12.6 Å². The van der Waals surface area contributed by atoms with E-state index in [2.05, 4.69) is 22.7 Å². The van der Waals surface area contributed by atoms with Crippen LogP contribution in [0.5, 0.6) is 0 Å². The Kier molecular flexibility index (Phi) is 6.30. The summed E-state index contributed by atoms with van der Waals surface area (Å²) in [5, 5.41) is 11.5. The van der Waals surface area contributed by atoms with Gasteiger partial charge in [0.2, 0.25) is 5.91 Å². The third-order valence-electron chi connectivity index (χ3n) is 1.04. The van der Waals surface area contributed by atoms with Crippen molar-refractivity contribution in [2.75, 3.05) is 26.0 Å². The average molecular weight is 179 g/mol. The number of thiol groups is 1. The first-order valence-corrected chi connectivity index (χ1v) is 3.88. The lowest BCUT2D eigenvalue weighted by Gasteiger charge is -2.09. The van der Waals surface area contributed by atoms with Gasteiger partial charge in [-0.2, -0.15) is 12.6 Å². The molecule has 0 aliphatic rings. The first-order chi connectivity index (χ1) is 5.20. The van der Waals surface area contributed by atoms with Crippen molar-refractivity contribution in [2.45, 2.75) is 6.10 Å². The summed E-state index contributed by atoms with van der Waals surface area (Å²) in [7, 11) is 1.49. The second-order valence-electron chi connectivity index (χ2n) is 2.07. The second kappa shape index (κ2) is 6.45. The van der Waals surface area contributed by atoms with Gasteiger partial charge in [-0.1, -0.05) is 0 Å². The van der Waals surface area contributed by atoms with Gasteiger partial charge in [-0.3, -0.25) is 4.79 Å². The van der Waals surface area contributed by atoms with Crippen LogP contribution in [0.25, 0.3) is 0 Å². The van der Waals surface area contributed by atoms with Crippen LogP contribution in [-0.4, -0.2) is 43.1 Å². The molecule has 0 aromatic rings. The van der Waals surface area contributed by atoms with Gasteiger partial charge in [0.25, 0.3) is 0 Å².